The van der Waals surface area contributed by atoms with E-state index in [1.54, 1.807) is 17.2 Å². The van der Waals surface area contributed by atoms with Crippen LogP contribution in [0.4, 0.5) is 5.69 Å². The molecule has 2 heterocycles. The maximum atomic E-state index is 12.6. The first-order valence-electron chi connectivity index (χ1n) is 9.40. The molecule has 0 atom stereocenters. The summed E-state index contributed by atoms with van der Waals surface area (Å²) >= 11 is 0. The van der Waals surface area contributed by atoms with Gasteiger partial charge >= 0.3 is 0 Å². The van der Waals surface area contributed by atoms with Gasteiger partial charge in [-0.25, -0.2) is 0 Å². The van der Waals surface area contributed by atoms with Crippen LogP contribution in [0.25, 0.3) is 0 Å². The van der Waals surface area contributed by atoms with Gasteiger partial charge in [-0.05, 0) is 36.8 Å². The molecule has 1 aromatic heterocycles. The smallest absolute Gasteiger partial charge is 0.224 e. The Balaban J connectivity index is 1.48. The Morgan fingerprint density at radius 2 is 1.89 bits per heavy atom. The van der Waals surface area contributed by atoms with Crippen molar-refractivity contribution in [3.05, 3.63) is 54.0 Å². The first-order valence-corrected chi connectivity index (χ1v) is 9.40. The van der Waals surface area contributed by atoms with Crippen LogP contribution in [0.2, 0.25) is 0 Å². The molecule has 0 N–H and O–H groups in total. The maximum Gasteiger partial charge on any atom is 0.224 e. The second-order valence-electron chi connectivity index (χ2n) is 6.98. The quantitative estimate of drug-likeness (QED) is 0.786. The third-order valence-electron chi connectivity index (χ3n) is 4.97. The van der Waals surface area contributed by atoms with E-state index in [2.05, 4.69) is 36.1 Å². The highest BCUT2D eigenvalue weighted by atomic mass is 16.3. The molecule has 6 nitrogen and oxygen atoms in total. The molecule has 0 spiro atoms. The van der Waals surface area contributed by atoms with Crippen LogP contribution in [0, 0.1) is 6.92 Å². The molecule has 144 valence electrons. The zero-order valence-electron chi connectivity index (χ0n) is 16.1. The molecule has 0 unspecified atom stereocenters. The van der Waals surface area contributed by atoms with E-state index in [1.165, 1.54) is 18.2 Å². The average Bonchev–Trinajstić information content (AvgIpc) is 3.18. The first kappa shape index (κ1) is 19.0. The van der Waals surface area contributed by atoms with Crippen molar-refractivity contribution in [2.24, 2.45) is 0 Å². The van der Waals surface area contributed by atoms with Gasteiger partial charge in [-0.15, -0.1) is 0 Å². The van der Waals surface area contributed by atoms with Crippen LogP contribution in [0.1, 0.15) is 24.7 Å². The van der Waals surface area contributed by atoms with Crippen LogP contribution in [0.5, 0.6) is 0 Å². The third-order valence-corrected chi connectivity index (χ3v) is 4.97. The molecule has 0 saturated carbocycles. The van der Waals surface area contributed by atoms with Crippen molar-refractivity contribution in [2.75, 3.05) is 37.6 Å². The minimum Gasteiger partial charge on any atom is -0.467 e. The number of aryl methyl sites for hydroxylation is 1. The van der Waals surface area contributed by atoms with Gasteiger partial charge < -0.3 is 19.1 Å². The van der Waals surface area contributed by atoms with Gasteiger partial charge in [0, 0.05) is 51.8 Å². The summed E-state index contributed by atoms with van der Waals surface area (Å²) in [5, 5.41) is 0. The minimum atomic E-state index is -0.0523. The van der Waals surface area contributed by atoms with E-state index in [-0.39, 0.29) is 11.8 Å². The summed E-state index contributed by atoms with van der Waals surface area (Å²) in [4.78, 5) is 30.3. The van der Waals surface area contributed by atoms with Crippen molar-refractivity contribution in [3.8, 4) is 0 Å². The van der Waals surface area contributed by atoms with Gasteiger partial charge in [0.25, 0.3) is 0 Å². The number of nitrogens with zero attached hydrogens (tertiary/aromatic N) is 3. The van der Waals surface area contributed by atoms with E-state index in [4.69, 9.17) is 4.42 Å². The second kappa shape index (κ2) is 8.75. The van der Waals surface area contributed by atoms with Crippen molar-refractivity contribution in [2.45, 2.75) is 26.8 Å². The molecule has 3 rings (SSSR count). The van der Waals surface area contributed by atoms with E-state index in [0.717, 1.165) is 18.8 Å². The molecular weight excluding hydrogens is 342 g/mol. The average molecular weight is 369 g/mol. The topological polar surface area (TPSA) is 57.0 Å². The predicted octanol–water partition coefficient (Wildman–Crippen LogP) is 2.68. The van der Waals surface area contributed by atoms with Crippen molar-refractivity contribution < 1.29 is 14.0 Å². The van der Waals surface area contributed by atoms with E-state index < -0.39 is 0 Å². The Hall–Kier alpha value is -2.76. The van der Waals surface area contributed by atoms with Gasteiger partial charge in [0.1, 0.15) is 5.76 Å². The van der Waals surface area contributed by atoms with Gasteiger partial charge in [-0.1, -0.05) is 12.1 Å². The van der Waals surface area contributed by atoms with Gasteiger partial charge in [0.05, 0.1) is 12.8 Å². The van der Waals surface area contributed by atoms with E-state index in [1.807, 2.05) is 11.0 Å². The zero-order chi connectivity index (χ0) is 19.2. The minimum absolute atomic E-state index is 0.0523. The molecule has 1 aromatic carbocycles. The number of piperazine rings is 1. The van der Waals surface area contributed by atoms with Crippen molar-refractivity contribution in [3.63, 3.8) is 0 Å². The lowest BCUT2D eigenvalue weighted by atomic mass is 10.2. The number of hydrogen-bond donors (Lipinski definition) is 0. The molecule has 0 bridgehead atoms. The molecule has 0 aliphatic carbocycles. The Morgan fingerprint density at radius 1 is 1.11 bits per heavy atom. The number of anilines is 1. The third kappa shape index (κ3) is 5.12. The SMILES string of the molecule is CC(=O)N(CCC(=O)N1CCN(c2cccc(C)c2)CC1)Cc1ccco1. The molecule has 1 saturated heterocycles. The van der Waals surface area contributed by atoms with E-state index in [9.17, 15) is 9.59 Å². The lowest BCUT2D eigenvalue weighted by molar-refractivity contribution is -0.134. The zero-order valence-corrected chi connectivity index (χ0v) is 16.1. The highest BCUT2D eigenvalue weighted by Crippen LogP contribution is 2.18. The Bertz CT molecular complexity index is 765. The number of hydrogen-bond acceptors (Lipinski definition) is 4. The number of benzene rings is 1. The summed E-state index contributed by atoms with van der Waals surface area (Å²) in [6.07, 6.45) is 1.93. The molecule has 0 radical (unpaired) electrons. The van der Waals surface area contributed by atoms with Crippen LogP contribution in [-0.4, -0.2) is 54.3 Å². The fraction of sp³-hybridized carbons (Fsp3) is 0.429. The summed E-state index contributed by atoms with van der Waals surface area (Å²) in [5.74, 6) is 0.775. The van der Waals surface area contributed by atoms with Gasteiger partial charge in [0.2, 0.25) is 11.8 Å². The van der Waals surface area contributed by atoms with Crippen LogP contribution < -0.4 is 4.90 Å². The molecule has 6 heteroatoms. The lowest BCUT2D eigenvalue weighted by Gasteiger charge is -2.36. The Labute approximate surface area is 160 Å². The molecular formula is C21H27N3O3. The normalized spacial score (nSPS) is 14.3. The van der Waals surface area contributed by atoms with E-state index in [0.29, 0.717) is 32.6 Å². The largest absolute Gasteiger partial charge is 0.467 e. The summed E-state index contributed by atoms with van der Waals surface area (Å²) in [6.45, 7) is 7.51. The van der Waals surface area contributed by atoms with Crippen LogP contribution in [0.15, 0.2) is 47.1 Å². The van der Waals surface area contributed by atoms with Crippen molar-refractivity contribution >= 4 is 17.5 Å². The number of carbonyl (C=O) groups is 2. The fourth-order valence-electron chi connectivity index (χ4n) is 3.37. The van der Waals surface area contributed by atoms with Crippen LogP contribution in [-0.2, 0) is 16.1 Å². The monoisotopic (exact) mass is 369 g/mol. The van der Waals surface area contributed by atoms with Crippen LogP contribution in [0.3, 0.4) is 0 Å². The van der Waals surface area contributed by atoms with Crippen LogP contribution >= 0.6 is 0 Å². The molecule has 2 aromatic rings. The maximum absolute atomic E-state index is 12.6. The first-order chi connectivity index (χ1) is 13.0. The molecule has 1 fully saturated rings. The highest BCUT2D eigenvalue weighted by Gasteiger charge is 2.22. The van der Waals surface area contributed by atoms with Crippen molar-refractivity contribution in [1.29, 1.82) is 0 Å². The highest BCUT2D eigenvalue weighted by molar-refractivity contribution is 5.78. The number of amides is 2. The molecule has 2 amide bonds. The fourth-order valence-corrected chi connectivity index (χ4v) is 3.37. The summed E-state index contributed by atoms with van der Waals surface area (Å²) in [6, 6.07) is 12.1. The van der Waals surface area contributed by atoms with Gasteiger partial charge in [0.15, 0.2) is 0 Å². The molecule has 1 aliphatic heterocycles. The lowest BCUT2D eigenvalue weighted by Crippen LogP contribution is -2.49. The summed E-state index contributed by atoms with van der Waals surface area (Å²) in [7, 11) is 0. The summed E-state index contributed by atoms with van der Waals surface area (Å²) < 4.78 is 5.30. The molecule has 27 heavy (non-hydrogen) atoms. The number of rotatable bonds is 6. The van der Waals surface area contributed by atoms with Gasteiger partial charge in [-0.2, -0.15) is 0 Å². The van der Waals surface area contributed by atoms with Crippen molar-refractivity contribution in [1.82, 2.24) is 9.80 Å². The predicted molar refractivity (Wildman–Crippen MR) is 104 cm³/mol. The number of furan rings is 1. The summed E-state index contributed by atoms with van der Waals surface area (Å²) in [5.41, 5.74) is 2.45. The molecule has 1 aliphatic rings. The Morgan fingerprint density at radius 3 is 2.52 bits per heavy atom. The standard InChI is InChI=1S/C21H27N3O3/c1-17-5-3-6-19(15-17)22-10-12-23(13-11-22)21(26)8-9-24(18(2)25)16-20-7-4-14-27-20/h3-7,14-15H,8-13,16H2,1-2H3. The number of carbonyl (C=O) groups excluding carboxylic acids is 2. The van der Waals surface area contributed by atoms with E-state index >= 15 is 0 Å². The Kier molecular flexibility index (Phi) is 6.16. The van der Waals surface area contributed by atoms with Gasteiger partial charge in [-0.3, -0.25) is 9.59 Å². The second-order valence-corrected chi connectivity index (χ2v) is 6.98.